The average Bonchev–Trinajstić information content (AvgIpc) is 2.55. The van der Waals surface area contributed by atoms with E-state index in [1.54, 1.807) is 6.92 Å². The van der Waals surface area contributed by atoms with Crippen molar-refractivity contribution in [3.8, 4) is 11.6 Å². The van der Waals surface area contributed by atoms with Crippen LogP contribution in [0.3, 0.4) is 0 Å². The second kappa shape index (κ2) is 7.35. The minimum absolute atomic E-state index is 0.0275. The summed E-state index contributed by atoms with van der Waals surface area (Å²) in [5.41, 5.74) is 9.96. The van der Waals surface area contributed by atoms with Gasteiger partial charge in [0, 0.05) is 30.5 Å². The van der Waals surface area contributed by atoms with E-state index in [4.69, 9.17) is 16.2 Å². The van der Waals surface area contributed by atoms with E-state index in [9.17, 15) is 18.0 Å². The number of nitrogens with zero attached hydrogens (tertiary/aromatic N) is 3. The highest BCUT2D eigenvalue weighted by molar-refractivity contribution is 7.90. The van der Waals surface area contributed by atoms with E-state index in [0.29, 0.717) is 6.54 Å². The maximum Gasteiger partial charge on any atom is 0.280 e. The van der Waals surface area contributed by atoms with Gasteiger partial charge in [-0.1, -0.05) is 0 Å². The van der Waals surface area contributed by atoms with Crippen LogP contribution >= 0.6 is 0 Å². The molecule has 0 bridgehead atoms. The number of sulfone groups is 1. The standard InChI is InChI=1S/C15H17N5O5S/c1-3-20-13(21)7-6-12(19-20)25-10-5-4-9(14(22)18-15(16)17)8-11(10)26(2,23)24/h4-8H,3H2,1-2H3,(H4,16,17,18,22). The number of carbonyl (C=O) groups excluding carboxylic acids is 1. The Kier molecular flexibility index (Phi) is 5.41. The van der Waals surface area contributed by atoms with Crippen molar-refractivity contribution in [3.05, 3.63) is 46.2 Å². The van der Waals surface area contributed by atoms with Crippen LogP contribution in [0, 0.1) is 0 Å². The smallest absolute Gasteiger partial charge is 0.280 e. The summed E-state index contributed by atoms with van der Waals surface area (Å²) in [5, 5.41) is 3.97. The first-order chi connectivity index (χ1) is 12.1. The lowest BCUT2D eigenvalue weighted by molar-refractivity contribution is 0.100. The van der Waals surface area contributed by atoms with Crippen LogP contribution in [0.1, 0.15) is 17.3 Å². The fourth-order valence-electron chi connectivity index (χ4n) is 2.02. The normalized spacial score (nSPS) is 11.0. The van der Waals surface area contributed by atoms with Crippen molar-refractivity contribution in [1.82, 2.24) is 9.78 Å². The molecule has 11 heteroatoms. The van der Waals surface area contributed by atoms with Gasteiger partial charge < -0.3 is 16.2 Å². The van der Waals surface area contributed by atoms with E-state index in [1.807, 2.05) is 0 Å². The van der Waals surface area contributed by atoms with Gasteiger partial charge in [-0.15, -0.1) is 5.10 Å². The molecule has 0 aliphatic heterocycles. The molecule has 26 heavy (non-hydrogen) atoms. The molecular weight excluding hydrogens is 362 g/mol. The Morgan fingerprint density at radius 2 is 1.96 bits per heavy atom. The fraction of sp³-hybridized carbons (Fsp3) is 0.200. The number of aliphatic imine (C=N–C) groups is 1. The molecule has 1 heterocycles. The number of amides is 1. The fourth-order valence-corrected chi connectivity index (χ4v) is 2.84. The zero-order chi connectivity index (χ0) is 19.5. The molecule has 1 amide bonds. The molecule has 0 fully saturated rings. The van der Waals surface area contributed by atoms with Crippen LogP contribution < -0.4 is 21.8 Å². The van der Waals surface area contributed by atoms with Gasteiger partial charge in [-0.2, -0.15) is 4.99 Å². The van der Waals surface area contributed by atoms with Crippen molar-refractivity contribution in [2.24, 2.45) is 16.5 Å². The molecule has 1 aromatic carbocycles. The van der Waals surface area contributed by atoms with E-state index >= 15 is 0 Å². The molecule has 0 saturated carbocycles. The SMILES string of the molecule is CCn1nc(Oc2ccc(C(=O)N=C(N)N)cc2S(C)(=O)=O)ccc1=O. The van der Waals surface area contributed by atoms with Gasteiger partial charge in [-0.25, -0.2) is 13.1 Å². The van der Waals surface area contributed by atoms with Crippen LogP contribution in [0.15, 0.2) is 45.0 Å². The van der Waals surface area contributed by atoms with Crippen LogP contribution in [-0.4, -0.2) is 36.3 Å². The highest BCUT2D eigenvalue weighted by atomic mass is 32.2. The first-order valence-electron chi connectivity index (χ1n) is 7.36. The van der Waals surface area contributed by atoms with Crippen LogP contribution in [0.25, 0.3) is 0 Å². The molecule has 0 saturated heterocycles. The quantitative estimate of drug-likeness (QED) is 0.537. The summed E-state index contributed by atoms with van der Waals surface area (Å²) in [5.74, 6) is -1.26. The highest BCUT2D eigenvalue weighted by Crippen LogP contribution is 2.29. The lowest BCUT2D eigenvalue weighted by Crippen LogP contribution is -2.24. The van der Waals surface area contributed by atoms with Gasteiger partial charge in [0.2, 0.25) is 5.88 Å². The molecule has 0 aliphatic carbocycles. The summed E-state index contributed by atoms with van der Waals surface area (Å²) in [6.07, 6.45) is 0.963. The van der Waals surface area contributed by atoms with Crippen LogP contribution in [0.4, 0.5) is 0 Å². The Morgan fingerprint density at radius 3 is 2.54 bits per heavy atom. The third-order valence-corrected chi connectivity index (χ3v) is 4.29. The number of carbonyl (C=O) groups is 1. The van der Waals surface area contributed by atoms with Crippen LogP contribution in [-0.2, 0) is 16.4 Å². The number of aromatic nitrogens is 2. The zero-order valence-corrected chi connectivity index (χ0v) is 14.9. The lowest BCUT2D eigenvalue weighted by atomic mass is 10.2. The molecular formula is C15H17N5O5S. The van der Waals surface area contributed by atoms with Crippen molar-refractivity contribution in [3.63, 3.8) is 0 Å². The lowest BCUT2D eigenvalue weighted by Gasteiger charge is -2.11. The van der Waals surface area contributed by atoms with E-state index < -0.39 is 21.7 Å². The molecule has 0 radical (unpaired) electrons. The molecule has 1 aromatic heterocycles. The molecule has 138 valence electrons. The Balaban J connectivity index is 2.50. The third-order valence-electron chi connectivity index (χ3n) is 3.18. The number of ether oxygens (including phenoxy) is 1. The van der Waals surface area contributed by atoms with Gasteiger partial charge in [0.25, 0.3) is 11.5 Å². The van der Waals surface area contributed by atoms with Crippen molar-refractivity contribution >= 4 is 21.7 Å². The monoisotopic (exact) mass is 379 g/mol. The number of hydrogen-bond acceptors (Lipinski definition) is 6. The molecule has 4 N–H and O–H groups in total. The number of guanidine groups is 1. The van der Waals surface area contributed by atoms with Gasteiger partial charge in [0.15, 0.2) is 15.8 Å². The largest absolute Gasteiger partial charge is 0.436 e. The Bertz CT molecular complexity index is 1040. The first kappa shape index (κ1) is 19.1. The van der Waals surface area contributed by atoms with Gasteiger partial charge in [0.1, 0.15) is 10.6 Å². The highest BCUT2D eigenvalue weighted by Gasteiger charge is 2.19. The molecule has 2 aromatic rings. The van der Waals surface area contributed by atoms with Crippen molar-refractivity contribution in [1.29, 1.82) is 0 Å². The number of nitrogens with two attached hydrogens (primary N) is 2. The second-order valence-corrected chi connectivity index (χ2v) is 7.19. The zero-order valence-electron chi connectivity index (χ0n) is 14.0. The summed E-state index contributed by atoms with van der Waals surface area (Å²) < 4.78 is 30.8. The minimum atomic E-state index is -3.75. The maximum atomic E-state index is 12.1. The maximum absolute atomic E-state index is 12.1. The molecule has 10 nitrogen and oxygen atoms in total. The predicted octanol–water partition coefficient (Wildman–Crippen LogP) is -0.127. The Hall–Kier alpha value is -3.21. The van der Waals surface area contributed by atoms with Gasteiger partial charge in [0.05, 0.1) is 0 Å². The molecule has 0 spiro atoms. The Morgan fingerprint density at radius 1 is 1.27 bits per heavy atom. The van der Waals surface area contributed by atoms with E-state index in [1.165, 1.54) is 24.3 Å². The average molecular weight is 379 g/mol. The predicted molar refractivity (Wildman–Crippen MR) is 93.9 cm³/mol. The van der Waals surface area contributed by atoms with Crippen LogP contribution in [0.2, 0.25) is 0 Å². The first-order valence-corrected chi connectivity index (χ1v) is 9.25. The second-order valence-electron chi connectivity index (χ2n) is 5.20. The van der Waals surface area contributed by atoms with E-state index in [-0.39, 0.29) is 27.6 Å². The topological polar surface area (TPSA) is 160 Å². The Labute approximate surface area is 149 Å². The number of benzene rings is 1. The summed E-state index contributed by atoms with van der Waals surface area (Å²) in [7, 11) is -3.75. The van der Waals surface area contributed by atoms with Crippen LogP contribution in [0.5, 0.6) is 11.6 Å². The number of rotatable bonds is 5. The van der Waals surface area contributed by atoms with Gasteiger partial charge in [-0.3, -0.25) is 9.59 Å². The van der Waals surface area contributed by atoms with Gasteiger partial charge >= 0.3 is 0 Å². The van der Waals surface area contributed by atoms with E-state index in [2.05, 4.69) is 10.1 Å². The van der Waals surface area contributed by atoms with E-state index in [0.717, 1.165) is 17.0 Å². The minimum Gasteiger partial charge on any atom is -0.436 e. The van der Waals surface area contributed by atoms with Crippen molar-refractivity contribution < 1.29 is 17.9 Å². The van der Waals surface area contributed by atoms with Crippen molar-refractivity contribution in [2.45, 2.75) is 18.4 Å². The summed E-state index contributed by atoms with van der Waals surface area (Å²) in [4.78, 5) is 26.6. The number of aryl methyl sites for hydroxylation is 1. The van der Waals surface area contributed by atoms with Crippen molar-refractivity contribution in [2.75, 3.05) is 6.26 Å². The summed E-state index contributed by atoms with van der Waals surface area (Å²) in [6.45, 7) is 2.05. The molecule has 0 atom stereocenters. The van der Waals surface area contributed by atoms with Gasteiger partial charge in [-0.05, 0) is 25.1 Å². The summed E-state index contributed by atoms with van der Waals surface area (Å²) >= 11 is 0. The third kappa shape index (κ3) is 4.45. The molecule has 2 rings (SSSR count). The summed E-state index contributed by atoms with van der Waals surface area (Å²) in [6, 6.07) is 6.28. The molecule has 0 aliphatic rings. The number of hydrogen-bond donors (Lipinski definition) is 2. The molecule has 0 unspecified atom stereocenters.